The summed E-state index contributed by atoms with van der Waals surface area (Å²) in [6.07, 6.45) is 5.82. The van der Waals surface area contributed by atoms with Gasteiger partial charge in [-0.1, -0.05) is 49.9 Å². The number of nitrogens with two attached hydrogens (primary N) is 2. The highest BCUT2D eigenvalue weighted by Crippen LogP contribution is 2.15. The van der Waals surface area contributed by atoms with Crippen molar-refractivity contribution in [2.75, 3.05) is 0 Å². The number of carboxylic acids is 2. The Bertz CT molecular complexity index is 891. The van der Waals surface area contributed by atoms with Gasteiger partial charge >= 0.3 is 11.9 Å². The lowest BCUT2D eigenvalue weighted by Gasteiger charge is -2.00. The van der Waals surface area contributed by atoms with Crippen LogP contribution < -0.4 is 22.5 Å². The van der Waals surface area contributed by atoms with Crippen molar-refractivity contribution in [3.8, 4) is 11.5 Å². The number of hydrazine groups is 2. The highest BCUT2D eigenvalue weighted by Gasteiger charge is 2.07. The van der Waals surface area contributed by atoms with Gasteiger partial charge in [0.1, 0.15) is 11.5 Å². The van der Waals surface area contributed by atoms with E-state index in [0.717, 1.165) is 38.5 Å². The molecule has 2 aromatic carbocycles. The Morgan fingerprint density at radius 3 is 1.17 bits per heavy atom. The van der Waals surface area contributed by atoms with Crippen LogP contribution in [0.15, 0.2) is 48.5 Å². The zero-order chi connectivity index (χ0) is 27.3. The van der Waals surface area contributed by atoms with E-state index in [1.54, 1.807) is 24.3 Å². The smallest absolute Gasteiger partial charge is 0.303 e. The summed E-state index contributed by atoms with van der Waals surface area (Å²) in [7, 11) is 0. The first kappa shape index (κ1) is 31.8. The average Bonchev–Trinajstić information content (AvgIpc) is 2.85. The van der Waals surface area contributed by atoms with Crippen molar-refractivity contribution in [2.45, 2.75) is 51.4 Å². The zero-order valence-electron chi connectivity index (χ0n) is 19.9. The van der Waals surface area contributed by atoms with Crippen LogP contribution in [0.4, 0.5) is 0 Å². The maximum absolute atomic E-state index is 10.8. The van der Waals surface area contributed by atoms with Gasteiger partial charge < -0.3 is 20.4 Å². The Kier molecular flexibility index (Phi) is 17.0. The summed E-state index contributed by atoms with van der Waals surface area (Å²) in [5, 5.41) is 34.9. The third-order valence-electron chi connectivity index (χ3n) is 4.59. The van der Waals surface area contributed by atoms with Gasteiger partial charge in [0.2, 0.25) is 0 Å². The largest absolute Gasteiger partial charge is 0.507 e. The number of aromatic hydroxyl groups is 2. The normalized spacial score (nSPS) is 9.50. The lowest BCUT2D eigenvalue weighted by atomic mass is 10.1. The number of phenols is 2. The molecule has 0 atom stereocenters. The molecule has 0 aliphatic heterocycles. The predicted octanol–water partition coefficient (Wildman–Crippen LogP) is 2.27. The molecule has 0 heterocycles. The second-order valence-electron chi connectivity index (χ2n) is 7.39. The van der Waals surface area contributed by atoms with Gasteiger partial charge in [-0.2, -0.15) is 0 Å². The first-order valence-electron chi connectivity index (χ1n) is 11.2. The number of hydrogen-bond acceptors (Lipinski definition) is 8. The monoisotopic (exact) mass is 506 g/mol. The first-order valence-corrected chi connectivity index (χ1v) is 11.2. The van der Waals surface area contributed by atoms with Gasteiger partial charge in [-0.25, -0.2) is 11.7 Å². The van der Waals surface area contributed by atoms with Crippen molar-refractivity contribution in [3.05, 3.63) is 59.7 Å². The third-order valence-corrected chi connectivity index (χ3v) is 4.59. The molecule has 198 valence electrons. The van der Waals surface area contributed by atoms with Crippen LogP contribution in [0.3, 0.4) is 0 Å². The number of para-hydroxylation sites is 2. The molecule has 10 N–H and O–H groups in total. The van der Waals surface area contributed by atoms with Crippen molar-refractivity contribution in [1.82, 2.24) is 10.9 Å². The molecule has 2 rings (SSSR count). The molecule has 12 heteroatoms. The van der Waals surface area contributed by atoms with Gasteiger partial charge in [-0.15, -0.1) is 0 Å². The molecule has 0 radical (unpaired) electrons. The van der Waals surface area contributed by atoms with E-state index >= 15 is 0 Å². The van der Waals surface area contributed by atoms with E-state index in [1.165, 1.54) is 24.3 Å². The third kappa shape index (κ3) is 14.9. The number of nitrogens with one attached hydrogen (secondary N) is 2. The predicted molar refractivity (Wildman–Crippen MR) is 132 cm³/mol. The fourth-order valence-electron chi connectivity index (χ4n) is 2.75. The summed E-state index contributed by atoms with van der Waals surface area (Å²) < 4.78 is 0. The standard InChI is InChI=1S/C10H18O4.2C7H8N2O2/c11-9(12)7-5-3-1-2-4-6-8-10(13)14;2*8-9-7(11)5-3-1-2-4-6(5)10/h1-8H2,(H,11,12)(H,13,14);2*1-4,10H,8H2,(H,9,11). The van der Waals surface area contributed by atoms with E-state index in [4.69, 9.17) is 32.1 Å². The van der Waals surface area contributed by atoms with Crippen LogP contribution in [0, 0.1) is 0 Å². The van der Waals surface area contributed by atoms with E-state index in [0.29, 0.717) is 0 Å². The number of aliphatic carboxylic acids is 2. The molecule has 0 spiro atoms. The van der Waals surface area contributed by atoms with Crippen LogP contribution in [0.2, 0.25) is 0 Å². The molecular weight excluding hydrogens is 472 g/mol. The molecular formula is C24H34N4O8. The number of rotatable bonds is 11. The van der Waals surface area contributed by atoms with Gasteiger partial charge in [0.05, 0.1) is 11.1 Å². The second kappa shape index (κ2) is 19.2. The summed E-state index contributed by atoms with van der Waals surface area (Å²) >= 11 is 0. The maximum Gasteiger partial charge on any atom is 0.303 e. The van der Waals surface area contributed by atoms with E-state index in [2.05, 4.69) is 0 Å². The minimum absolute atomic E-state index is 0.0737. The molecule has 0 saturated heterocycles. The lowest BCUT2D eigenvalue weighted by Crippen LogP contribution is -2.29. The second-order valence-corrected chi connectivity index (χ2v) is 7.39. The van der Waals surface area contributed by atoms with Gasteiger partial charge in [0, 0.05) is 12.8 Å². The molecule has 12 nitrogen and oxygen atoms in total. The van der Waals surface area contributed by atoms with Crippen molar-refractivity contribution in [3.63, 3.8) is 0 Å². The molecule has 0 unspecified atom stereocenters. The molecule has 0 bridgehead atoms. The van der Waals surface area contributed by atoms with E-state index in [-0.39, 0.29) is 35.5 Å². The Balaban J connectivity index is 0.000000515. The number of benzene rings is 2. The van der Waals surface area contributed by atoms with Crippen LogP contribution in [0.5, 0.6) is 11.5 Å². The number of unbranched alkanes of at least 4 members (excludes halogenated alkanes) is 5. The van der Waals surface area contributed by atoms with Crippen LogP contribution in [0.1, 0.15) is 72.1 Å². The van der Waals surface area contributed by atoms with Crippen LogP contribution in [0.25, 0.3) is 0 Å². The highest BCUT2D eigenvalue weighted by atomic mass is 16.4. The lowest BCUT2D eigenvalue weighted by molar-refractivity contribution is -0.138. The number of nitrogen functional groups attached to an aromatic ring is 2. The molecule has 2 amide bonds. The molecule has 2 aromatic rings. The number of carbonyl (C=O) groups excluding carboxylic acids is 2. The van der Waals surface area contributed by atoms with Gasteiger partial charge in [-0.05, 0) is 37.1 Å². The summed E-state index contributed by atoms with van der Waals surface area (Å²) in [5.74, 6) is 7.10. The maximum atomic E-state index is 10.8. The van der Waals surface area contributed by atoms with Gasteiger partial charge in [-0.3, -0.25) is 30.0 Å². The van der Waals surface area contributed by atoms with E-state index < -0.39 is 23.8 Å². The molecule has 36 heavy (non-hydrogen) atoms. The molecule has 0 aliphatic rings. The topological polar surface area (TPSA) is 225 Å². The van der Waals surface area contributed by atoms with Crippen LogP contribution in [-0.4, -0.2) is 44.2 Å². The van der Waals surface area contributed by atoms with Gasteiger partial charge in [0.25, 0.3) is 11.8 Å². The summed E-state index contributed by atoms with van der Waals surface area (Å²) in [6, 6.07) is 12.4. The number of carboxylic acid groups (broad SMARTS) is 2. The quantitative estimate of drug-likeness (QED) is 0.0959. The Morgan fingerprint density at radius 1 is 0.583 bits per heavy atom. The fraction of sp³-hybridized carbons (Fsp3) is 0.333. The van der Waals surface area contributed by atoms with Crippen molar-refractivity contribution < 1.29 is 39.6 Å². The van der Waals surface area contributed by atoms with Crippen LogP contribution in [-0.2, 0) is 9.59 Å². The van der Waals surface area contributed by atoms with E-state index in [9.17, 15) is 19.2 Å². The zero-order valence-corrected chi connectivity index (χ0v) is 19.9. The van der Waals surface area contributed by atoms with Crippen molar-refractivity contribution >= 4 is 23.8 Å². The van der Waals surface area contributed by atoms with Crippen LogP contribution >= 0.6 is 0 Å². The average molecular weight is 507 g/mol. The Hall–Kier alpha value is -4.16. The van der Waals surface area contributed by atoms with Crippen molar-refractivity contribution in [1.29, 1.82) is 0 Å². The Labute approximate surface area is 208 Å². The summed E-state index contributed by atoms with van der Waals surface area (Å²) in [4.78, 5) is 42.0. The number of hydrogen-bond donors (Lipinski definition) is 8. The highest BCUT2D eigenvalue weighted by molar-refractivity contribution is 5.96. The summed E-state index contributed by atoms with van der Waals surface area (Å²) in [5.41, 5.74) is 4.20. The minimum Gasteiger partial charge on any atom is -0.507 e. The van der Waals surface area contributed by atoms with Crippen molar-refractivity contribution in [2.24, 2.45) is 11.7 Å². The SMILES string of the molecule is NNC(=O)c1ccccc1O.NNC(=O)c1ccccc1O.O=C(O)CCCCCCCCC(=O)O. The fourth-order valence-corrected chi connectivity index (χ4v) is 2.75. The molecule has 0 saturated carbocycles. The Morgan fingerprint density at radius 2 is 0.889 bits per heavy atom. The first-order chi connectivity index (χ1) is 17.1. The minimum atomic E-state index is -0.740. The summed E-state index contributed by atoms with van der Waals surface area (Å²) in [6.45, 7) is 0. The molecule has 0 aromatic heterocycles. The van der Waals surface area contributed by atoms with Gasteiger partial charge in [0.15, 0.2) is 0 Å². The molecule has 0 fully saturated rings. The number of amides is 2. The van der Waals surface area contributed by atoms with E-state index in [1.807, 2.05) is 10.9 Å². The number of phenolic OH excluding ortho intramolecular Hbond substituents is 2. The molecule has 0 aliphatic carbocycles. The number of carbonyl (C=O) groups is 4.